The Balaban J connectivity index is 1.36. The first-order valence-electron chi connectivity index (χ1n) is 15.6. The lowest BCUT2D eigenvalue weighted by Gasteiger charge is -2.36. The van der Waals surface area contributed by atoms with Crippen molar-refractivity contribution in [1.29, 1.82) is 0 Å². The normalized spacial score (nSPS) is 12.3. The molecule has 3 aromatic heterocycles. The molecule has 1 atom stereocenters. The Hall–Kier alpha value is -5.92. The van der Waals surface area contributed by atoms with E-state index in [4.69, 9.17) is 10.1 Å². The average Bonchev–Trinajstić information content (AvgIpc) is 3.79. The number of aromatic nitrogens is 4. The van der Waals surface area contributed by atoms with Gasteiger partial charge in [-0.3, -0.25) is 4.68 Å². The Labute approximate surface area is 280 Å². The predicted octanol–water partition coefficient (Wildman–Crippen LogP) is 9.12. The maximum Gasteiger partial charge on any atom is 0.158 e. The van der Waals surface area contributed by atoms with Crippen LogP contribution in [0.3, 0.4) is 0 Å². The number of halogens is 1. The van der Waals surface area contributed by atoms with Gasteiger partial charge in [-0.25, -0.2) is 17.6 Å². The monoisotopic (exact) mass is 644 g/mol. The van der Waals surface area contributed by atoms with Crippen molar-refractivity contribution in [2.75, 3.05) is 0 Å². The molecule has 5 nitrogen and oxygen atoms in total. The molecule has 0 N–H and O–H groups in total. The molecular formula is C41H29FN4OS. The van der Waals surface area contributed by atoms with E-state index in [-0.39, 0.29) is 5.82 Å². The van der Waals surface area contributed by atoms with Crippen molar-refractivity contribution in [3.63, 3.8) is 0 Å². The fraction of sp³-hybridized carbons (Fsp3) is 0.0244. The summed E-state index contributed by atoms with van der Waals surface area (Å²) < 4.78 is 31.5. The number of rotatable bonds is 8. The molecule has 8 rings (SSSR count). The molecule has 0 aliphatic rings. The van der Waals surface area contributed by atoms with Crippen LogP contribution < -0.4 is 0 Å². The lowest BCUT2D eigenvalue weighted by Crippen LogP contribution is -2.38. The minimum Gasteiger partial charge on any atom is -0.252 e. The summed E-state index contributed by atoms with van der Waals surface area (Å²) in [6.07, 6.45) is 7.55. The molecule has 1 unspecified atom stereocenters. The minimum atomic E-state index is -1.55. The molecule has 0 fully saturated rings. The van der Waals surface area contributed by atoms with Crippen LogP contribution in [0.2, 0.25) is 0 Å². The molecule has 0 saturated heterocycles. The van der Waals surface area contributed by atoms with Crippen molar-refractivity contribution in [2.24, 2.45) is 0 Å². The summed E-state index contributed by atoms with van der Waals surface area (Å²) in [5.41, 5.74) is 6.30. The van der Waals surface area contributed by atoms with Gasteiger partial charge in [0.15, 0.2) is 16.6 Å². The Kier molecular flexibility index (Phi) is 7.59. The van der Waals surface area contributed by atoms with E-state index in [9.17, 15) is 8.60 Å². The molecule has 3 heterocycles. The van der Waals surface area contributed by atoms with E-state index in [0.717, 1.165) is 44.3 Å². The van der Waals surface area contributed by atoms with Gasteiger partial charge in [0.05, 0.1) is 11.1 Å². The molecule has 0 amide bonds. The van der Waals surface area contributed by atoms with E-state index in [1.807, 2.05) is 71.7 Å². The van der Waals surface area contributed by atoms with Gasteiger partial charge in [0.1, 0.15) is 11.4 Å². The smallest absolute Gasteiger partial charge is 0.158 e. The maximum absolute atomic E-state index is 14.0. The van der Waals surface area contributed by atoms with Crippen LogP contribution in [-0.4, -0.2) is 22.9 Å². The van der Waals surface area contributed by atoms with Crippen LogP contribution in [0.15, 0.2) is 181 Å². The number of fused-ring (bicyclic) bond motifs is 1. The first-order chi connectivity index (χ1) is 23.6. The molecule has 0 aliphatic heterocycles. The van der Waals surface area contributed by atoms with Gasteiger partial charge in [0.25, 0.3) is 0 Å². The van der Waals surface area contributed by atoms with Crippen LogP contribution in [0.5, 0.6) is 0 Å². The van der Waals surface area contributed by atoms with Crippen molar-refractivity contribution >= 4 is 22.0 Å². The van der Waals surface area contributed by atoms with E-state index in [1.54, 1.807) is 22.3 Å². The van der Waals surface area contributed by atoms with Gasteiger partial charge in [-0.2, -0.15) is 5.10 Å². The summed E-state index contributed by atoms with van der Waals surface area (Å²) in [7, 11) is -1.55. The van der Waals surface area contributed by atoms with Gasteiger partial charge in [-0.15, -0.1) is 0 Å². The van der Waals surface area contributed by atoms with E-state index in [1.165, 1.54) is 12.1 Å². The van der Waals surface area contributed by atoms with Crippen LogP contribution in [0.4, 0.5) is 4.39 Å². The highest BCUT2D eigenvalue weighted by Crippen LogP contribution is 2.42. The number of pyridine rings is 1. The number of hydrogen-bond donors (Lipinski definition) is 0. The Morgan fingerprint density at radius 2 is 1.12 bits per heavy atom. The predicted molar refractivity (Wildman–Crippen MR) is 189 cm³/mol. The zero-order valence-corrected chi connectivity index (χ0v) is 26.5. The van der Waals surface area contributed by atoms with Crippen LogP contribution >= 0.6 is 0 Å². The summed E-state index contributed by atoms with van der Waals surface area (Å²) >= 11 is 0. The molecule has 5 aromatic carbocycles. The van der Waals surface area contributed by atoms with Crippen molar-refractivity contribution in [3.8, 4) is 22.3 Å². The molecule has 0 bridgehead atoms. The molecule has 7 heteroatoms. The molecule has 232 valence electrons. The fourth-order valence-corrected chi connectivity index (χ4v) is 7.59. The van der Waals surface area contributed by atoms with Gasteiger partial charge >= 0.3 is 0 Å². The molecule has 0 aliphatic carbocycles. The number of nitrogens with zero attached hydrogens (tertiary/aromatic N) is 4. The summed E-state index contributed by atoms with van der Waals surface area (Å²) in [5, 5.41) is 5.88. The minimum absolute atomic E-state index is 0.302. The third-order valence-corrected chi connectivity index (χ3v) is 10.0. The number of hydrogen-bond acceptors (Lipinski definition) is 3. The maximum atomic E-state index is 14.0. The first-order valence-corrected chi connectivity index (χ1v) is 16.7. The van der Waals surface area contributed by atoms with Crippen molar-refractivity contribution in [2.45, 2.75) is 10.4 Å². The highest BCUT2D eigenvalue weighted by Gasteiger charge is 2.39. The second kappa shape index (κ2) is 12.4. The molecule has 0 radical (unpaired) electrons. The average molecular weight is 645 g/mol. The summed E-state index contributed by atoms with van der Waals surface area (Å²) in [6, 6.07) is 48.9. The quantitative estimate of drug-likeness (QED) is 0.155. The van der Waals surface area contributed by atoms with Gasteiger partial charge in [-0.1, -0.05) is 121 Å². The van der Waals surface area contributed by atoms with E-state index in [2.05, 4.69) is 79.0 Å². The molecule has 0 spiro atoms. The summed E-state index contributed by atoms with van der Waals surface area (Å²) in [5.74, 6) is -0.302. The van der Waals surface area contributed by atoms with Crippen molar-refractivity contribution in [3.05, 3.63) is 199 Å². The SMILES string of the molecule is O=S(c1ccccc1)n1cc(-c2cnn(C(c3ccccc3)(c3ccccc3)c3ccccc3)c2)c2cc(-c3ccc(F)cc3)cnc21. The summed E-state index contributed by atoms with van der Waals surface area (Å²) in [6.45, 7) is 0. The van der Waals surface area contributed by atoms with Crippen LogP contribution in [0.25, 0.3) is 33.3 Å². The third-order valence-electron chi connectivity index (χ3n) is 8.72. The van der Waals surface area contributed by atoms with Crippen LogP contribution in [0, 0.1) is 5.82 Å². The fourth-order valence-electron chi connectivity index (χ4n) is 6.47. The van der Waals surface area contributed by atoms with Crippen molar-refractivity contribution in [1.82, 2.24) is 18.7 Å². The van der Waals surface area contributed by atoms with Gasteiger partial charge < -0.3 is 0 Å². The second-order valence-electron chi connectivity index (χ2n) is 11.5. The van der Waals surface area contributed by atoms with E-state index < -0.39 is 16.5 Å². The molecule has 48 heavy (non-hydrogen) atoms. The van der Waals surface area contributed by atoms with Gasteiger partial charge in [0.2, 0.25) is 0 Å². The standard InChI is InChI=1S/C41H29FN4OS/c42-36-23-21-30(22-24-36)31-25-38-39(29-45(40(38)43-26-31)48(47)37-19-11-4-12-20-37)32-27-44-46(28-32)41(33-13-5-1-6-14-33,34-15-7-2-8-16-34)35-17-9-3-10-18-35/h1-29H. The van der Waals surface area contributed by atoms with E-state index in [0.29, 0.717) is 10.5 Å². The topological polar surface area (TPSA) is 52.7 Å². The van der Waals surface area contributed by atoms with Crippen LogP contribution in [-0.2, 0) is 16.5 Å². The Morgan fingerprint density at radius 3 is 1.69 bits per heavy atom. The van der Waals surface area contributed by atoms with Crippen molar-refractivity contribution < 1.29 is 8.60 Å². The van der Waals surface area contributed by atoms with E-state index >= 15 is 0 Å². The zero-order chi connectivity index (χ0) is 32.5. The van der Waals surface area contributed by atoms with Crippen LogP contribution in [0.1, 0.15) is 16.7 Å². The number of benzene rings is 5. The largest absolute Gasteiger partial charge is 0.252 e. The lowest BCUT2D eigenvalue weighted by atomic mass is 9.77. The lowest BCUT2D eigenvalue weighted by molar-refractivity contribution is 0.460. The van der Waals surface area contributed by atoms with Gasteiger partial charge in [-0.05, 0) is 52.6 Å². The molecule has 8 aromatic rings. The first kappa shape index (κ1) is 29.5. The highest BCUT2D eigenvalue weighted by molar-refractivity contribution is 7.83. The zero-order valence-electron chi connectivity index (χ0n) is 25.7. The summed E-state index contributed by atoms with van der Waals surface area (Å²) in [4.78, 5) is 5.48. The molecule has 0 saturated carbocycles. The highest BCUT2D eigenvalue weighted by atomic mass is 32.2. The second-order valence-corrected chi connectivity index (χ2v) is 12.9. The Bertz CT molecular complexity index is 2260. The van der Waals surface area contributed by atoms with Gasteiger partial charge in [0, 0.05) is 40.7 Å². The molecular weight excluding hydrogens is 616 g/mol. The Morgan fingerprint density at radius 1 is 0.583 bits per heavy atom. The third kappa shape index (κ3) is 5.05.